The number of rotatable bonds is 2. The number of hydrogen-bond donors (Lipinski definition) is 1. The standard InChI is InChI=1S/C13H13ClN2O2/c1-7-10(14)5-4-6-11(7)15-13(17)12-8(2)16-18-9(12)3/h4-6H,1-3H3,(H,15,17). The summed E-state index contributed by atoms with van der Waals surface area (Å²) in [5.41, 5.74) is 2.56. The van der Waals surface area contributed by atoms with Crippen LogP contribution >= 0.6 is 11.6 Å². The van der Waals surface area contributed by atoms with Gasteiger partial charge in [-0.2, -0.15) is 0 Å². The molecular formula is C13H13ClN2O2. The van der Waals surface area contributed by atoms with Gasteiger partial charge in [-0.1, -0.05) is 22.8 Å². The van der Waals surface area contributed by atoms with Gasteiger partial charge in [-0.05, 0) is 38.5 Å². The molecule has 2 rings (SSSR count). The lowest BCUT2D eigenvalue weighted by Gasteiger charge is -2.09. The van der Waals surface area contributed by atoms with Gasteiger partial charge in [-0.3, -0.25) is 4.79 Å². The van der Waals surface area contributed by atoms with Crippen molar-refractivity contribution >= 4 is 23.2 Å². The van der Waals surface area contributed by atoms with Crippen LogP contribution in [0, 0.1) is 20.8 Å². The molecule has 0 unspecified atom stereocenters. The molecule has 1 aromatic carbocycles. The first-order valence-corrected chi connectivity index (χ1v) is 5.88. The van der Waals surface area contributed by atoms with E-state index in [-0.39, 0.29) is 5.91 Å². The van der Waals surface area contributed by atoms with Crippen molar-refractivity contribution < 1.29 is 9.32 Å². The van der Waals surface area contributed by atoms with Crippen LogP contribution in [-0.4, -0.2) is 11.1 Å². The van der Waals surface area contributed by atoms with E-state index >= 15 is 0 Å². The van der Waals surface area contributed by atoms with Crippen LogP contribution in [0.2, 0.25) is 5.02 Å². The fourth-order valence-corrected chi connectivity index (χ4v) is 1.91. The Kier molecular flexibility index (Phi) is 3.39. The van der Waals surface area contributed by atoms with Crippen LogP contribution < -0.4 is 5.32 Å². The van der Waals surface area contributed by atoms with Crippen molar-refractivity contribution in [1.82, 2.24) is 5.16 Å². The van der Waals surface area contributed by atoms with Crippen molar-refractivity contribution in [2.45, 2.75) is 20.8 Å². The minimum atomic E-state index is -0.239. The Morgan fingerprint density at radius 2 is 2.06 bits per heavy atom. The Hall–Kier alpha value is -1.81. The molecule has 0 aliphatic rings. The monoisotopic (exact) mass is 264 g/mol. The SMILES string of the molecule is Cc1noc(C)c1C(=O)Nc1cccc(Cl)c1C. The molecule has 1 heterocycles. The Labute approximate surface area is 110 Å². The average molecular weight is 265 g/mol. The van der Waals surface area contributed by atoms with Gasteiger partial charge >= 0.3 is 0 Å². The highest BCUT2D eigenvalue weighted by atomic mass is 35.5. The lowest BCUT2D eigenvalue weighted by atomic mass is 10.1. The largest absolute Gasteiger partial charge is 0.361 e. The predicted octanol–water partition coefficient (Wildman–Crippen LogP) is 3.51. The van der Waals surface area contributed by atoms with Gasteiger partial charge in [0.05, 0.1) is 5.69 Å². The summed E-state index contributed by atoms with van der Waals surface area (Å²) in [4.78, 5) is 12.1. The zero-order chi connectivity index (χ0) is 13.3. The third kappa shape index (κ3) is 2.24. The molecule has 0 aliphatic carbocycles. The molecule has 0 saturated carbocycles. The predicted molar refractivity (Wildman–Crippen MR) is 70.1 cm³/mol. The third-order valence-electron chi connectivity index (χ3n) is 2.78. The number of carbonyl (C=O) groups is 1. The molecule has 1 N–H and O–H groups in total. The van der Waals surface area contributed by atoms with E-state index in [2.05, 4.69) is 10.5 Å². The molecule has 0 fully saturated rings. The maximum atomic E-state index is 12.1. The zero-order valence-corrected chi connectivity index (χ0v) is 11.1. The third-order valence-corrected chi connectivity index (χ3v) is 3.19. The van der Waals surface area contributed by atoms with Gasteiger partial charge in [0, 0.05) is 10.7 Å². The van der Waals surface area contributed by atoms with Crippen molar-refractivity contribution in [3.05, 3.63) is 45.8 Å². The second kappa shape index (κ2) is 4.82. The summed E-state index contributed by atoms with van der Waals surface area (Å²) < 4.78 is 4.97. The fourth-order valence-electron chi connectivity index (χ4n) is 1.73. The molecule has 1 aromatic heterocycles. The number of nitrogens with one attached hydrogen (secondary N) is 1. The highest BCUT2D eigenvalue weighted by Gasteiger charge is 2.18. The van der Waals surface area contributed by atoms with Gasteiger partial charge in [0.25, 0.3) is 5.91 Å². The van der Waals surface area contributed by atoms with Crippen LogP contribution in [0.4, 0.5) is 5.69 Å². The van der Waals surface area contributed by atoms with E-state index in [4.69, 9.17) is 16.1 Å². The Morgan fingerprint density at radius 1 is 1.33 bits per heavy atom. The molecule has 5 heteroatoms. The van der Waals surface area contributed by atoms with E-state index in [1.165, 1.54) is 0 Å². The number of carbonyl (C=O) groups excluding carboxylic acids is 1. The Balaban J connectivity index is 2.30. The van der Waals surface area contributed by atoms with Crippen LogP contribution in [-0.2, 0) is 0 Å². The number of hydrogen-bond acceptors (Lipinski definition) is 3. The lowest BCUT2D eigenvalue weighted by Crippen LogP contribution is -2.14. The molecule has 0 atom stereocenters. The van der Waals surface area contributed by atoms with Crippen LogP contribution in [0.5, 0.6) is 0 Å². The summed E-state index contributed by atoms with van der Waals surface area (Å²) in [6.07, 6.45) is 0. The second-order valence-electron chi connectivity index (χ2n) is 4.07. The maximum Gasteiger partial charge on any atom is 0.261 e. The van der Waals surface area contributed by atoms with Crippen molar-refractivity contribution in [3.8, 4) is 0 Å². The number of aromatic nitrogens is 1. The van der Waals surface area contributed by atoms with Crippen molar-refractivity contribution in [1.29, 1.82) is 0 Å². The molecule has 2 aromatic rings. The molecule has 0 bridgehead atoms. The van der Waals surface area contributed by atoms with E-state index in [1.807, 2.05) is 6.92 Å². The number of anilines is 1. The highest BCUT2D eigenvalue weighted by molar-refractivity contribution is 6.31. The fraction of sp³-hybridized carbons (Fsp3) is 0.231. The number of amides is 1. The van der Waals surface area contributed by atoms with E-state index in [1.54, 1.807) is 32.0 Å². The molecule has 0 saturated heterocycles. The van der Waals surface area contributed by atoms with Crippen LogP contribution in [0.25, 0.3) is 0 Å². The Morgan fingerprint density at radius 3 is 2.67 bits per heavy atom. The van der Waals surface area contributed by atoms with Crippen molar-refractivity contribution in [3.63, 3.8) is 0 Å². The zero-order valence-electron chi connectivity index (χ0n) is 10.4. The molecule has 0 radical (unpaired) electrons. The Bertz CT molecular complexity index is 586. The number of nitrogens with zero attached hydrogens (tertiary/aromatic N) is 1. The first-order valence-electron chi connectivity index (χ1n) is 5.50. The van der Waals surface area contributed by atoms with Crippen molar-refractivity contribution in [2.24, 2.45) is 0 Å². The smallest absolute Gasteiger partial charge is 0.261 e. The lowest BCUT2D eigenvalue weighted by molar-refractivity contribution is 0.102. The van der Waals surface area contributed by atoms with Gasteiger partial charge in [0.15, 0.2) is 0 Å². The molecule has 18 heavy (non-hydrogen) atoms. The highest BCUT2D eigenvalue weighted by Crippen LogP contribution is 2.24. The summed E-state index contributed by atoms with van der Waals surface area (Å²) in [6, 6.07) is 5.37. The van der Waals surface area contributed by atoms with Crippen LogP contribution in [0.3, 0.4) is 0 Å². The number of halogens is 1. The maximum absolute atomic E-state index is 12.1. The quantitative estimate of drug-likeness (QED) is 0.903. The molecule has 94 valence electrons. The topological polar surface area (TPSA) is 55.1 Å². The van der Waals surface area contributed by atoms with E-state index in [0.29, 0.717) is 27.7 Å². The van der Waals surface area contributed by atoms with Crippen LogP contribution in [0.15, 0.2) is 22.7 Å². The second-order valence-corrected chi connectivity index (χ2v) is 4.47. The van der Waals surface area contributed by atoms with Crippen molar-refractivity contribution in [2.75, 3.05) is 5.32 Å². The minimum absolute atomic E-state index is 0.239. The molecular weight excluding hydrogens is 252 g/mol. The van der Waals surface area contributed by atoms with Gasteiger partial charge in [-0.25, -0.2) is 0 Å². The number of benzene rings is 1. The first kappa shape index (κ1) is 12.6. The van der Waals surface area contributed by atoms with Gasteiger partial charge < -0.3 is 9.84 Å². The number of aryl methyl sites for hydroxylation is 2. The first-order chi connectivity index (χ1) is 8.50. The normalized spacial score (nSPS) is 10.4. The summed E-state index contributed by atoms with van der Waals surface area (Å²) in [5.74, 6) is 0.265. The van der Waals surface area contributed by atoms with E-state index < -0.39 is 0 Å². The summed E-state index contributed by atoms with van der Waals surface area (Å²) >= 11 is 6.00. The minimum Gasteiger partial charge on any atom is -0.361 e. The summed E-state index contributed by atoms with van der Waals surface area (Å²) in [6.45, 7) is 5.29. The molecule has 0 aliphatic heterocycles. The van der Waals surface area contributed by atoms with Gasteiger partial charge in [0.1, 0.15) is 11.3 Å². The average Bonchev–Trinajstić information content (AvgIpc) is 2.65. The summed E-state index contributed by atoms with van der Waals surface area (Å²) in [7, 11) is 0. The molecule has 1 amide bonds. The van der Waals surface area contributed by atoms with Gasteiger partial charge in [0.2, 0.25) is 0 Å². The van der Waals surface area contributed by atoms with E-state index in [0.717, 1.165) is 5.56 Å². The summed E-state index contributed by atoms with van der Waals surface area (Å²) in [5, 5.41) is 7.19. The molecule has 4 nitrogen and oxygen atoms in total. The molecule has 0 spiro atoms. The van der Waals surface area contributed by atoms with E-state index in [9.17, 15) is 4.79 Å². The van der Waals surface area contributed by atoms with Crippen LogP contribution in [0.1, 0.15) is 27.4 Å². The van der Waals surface area contributed by atoms with Gasteiger partial charge in [-0.15, -0.1) is 0 Å².